The highest BCUT2D eigenvalue weighted by molar-refractivity contribution is 5.94. The van der Waals surface area contributed by atoms with Crippen LogP contribution in [0, 0.1) is 20.8 Å². The lowest BCUT2D eigenvalue weighted by atomic mass is 10.1. The minimum absolute atomic E-state index is 0.244. The third-order valence-electron chi connectivity index (χ3n) is 5.02. The van der Waals surface area contributed by atoms with Crippen LogP contribution in [-0.4, -0.2) is 15.7 Å². The SMILES string of the molecule is CCC(C(=O)Nc1cccc(C)c1C)n1nc(-c2ccc(C)cc2)ccc1=O. The predicted octanol–water partition coefficient (Wildman–Crippen LogP) is 4.43. The number of carbonyl (C=O) groups is 1. The van der Waals surface area contributed by atoms with Gasteiger partial charge in [0.05, 0.1) is 5.69 Å². The first kappa shape index (κ1) is 19.5. The van der Waals surface area contributed by atoms with Gasteiger partial charge >= 0.3 is 0 Å². The molecular formula is C23H25N3O2. The van der Waals surface area contributed by atoms with Gasteiger partial charge in [-0.05, 0) is 50.5 Å². The van der Waals surface area contributed by atoms with E-state index in [0.29, 0.717) is 12.1 Å². The molecule has 0 aliphatic heterocycles. The number of aryl methyl sites for hydroxylation is 2. The molecule has 0 spiro atoms. The van der Waals surface area contributed by atoms with E-state index in [0.717, 1.165) is 27.9 Å². The monoisotopic (exact) mass is 375 g/mol. The molecule has 1 unspecified atom stereocenters. The molecule has 1 heterocycles. The fourth-order valence-electron chi connectivity index (χ4n) is 3.10. The maximum Gasteiger partial charge on any atom is 0.267 e. The van der Waals surface area contributed by atoms with Crippen molar-refractivity contribution in [3.05, 3.63) is 81.6 Å². The van der Waals surface area contributed by atoms with E-state index in [4.69, 9.17) is 0 Å². The molecule has 5 heteroatoms. The van der Waals surface area contributed by atoms with Crippen LogP contribution in [0.4, 0.5) is 5.69 Å². The normalized spacial score (nSPS) is 11.9. The molecule has 0 aliphatic rings. The van der Waals surface area contributed by atoms with Gasteiger partial charge in [-0.25, -0.2) is 4.68 Å². The van der Waals surface area contributed by atoms with E-state index in [2.05, 4.69) is 10.4 Å². The second kappa shape index (κ2) is 8.21. The Kier molecular flexibility index (Phi) is 5.73. The van der Waals surface area contributed by atoms with Gasteiger partial charge in [0.15, 0.2) is 0 Å². The van der Waals surface area contributed by atoms with Gasteiger partial charge in [-0.15, -0.1) is 0 Å². The van der Waals surface area contributed by atoms with Crippen LogP contribution in [0.25, 0.3) is 11.3 Å². The van der Waals surface area contributed by atoms with Gasteiger partial charge in [-0.1, -0.05) is 48.9 Å². The molecule has 1 aromatic heterocycles. The molecule has 1 N–H and O–H groups in total. The topological polar surface area (TPSA) is 64.0 Å². The molecule has 0 aliphatic carbocycles. The molecule has 3 aromatic rings. The summed E-state index contributed by atoms with van der Waals surface area (Å²) in [7, 11) is 0. The van der Waals surface area contributed by atoms with Crippen LogP contribution in [0.3, 0.4) is 0 Å². The number of anilines is 1. The molecule has 5 nitrogen and oxygen atoms in total. The van der Waals surface area contributed by atoms with Gasteiger partial charge in [-0.2, -0.15) is 5.10 Å². The Hall–Kier alpha value is -3.21. The summed E-state index contributed by atoms with van der Waals surface area (Å²) in [5.74, 6) is -0.244. The first-order valence-electron chi connectivity index (χ1n) is 9.44. The molecular weight excluding hydrogens is 350 g/mol. The van der Waals surface area contributed by atoms with Crippen LogP contribution in [-0.2, 0) is 4.79 Å². The van der Waals surface area contributed by atoms with Crippen molar-refractivity contribution in [2.75, 3.05) is 5.32 Å². The predicted molar refractivity (Wildman–Crippen MR) is 113 cm³/mol. The van der Waals surface area contributed by atoms with Crippen LogP contribution in [0.15, 0.2) is 59.4 Å². The molecule has 3 rings (SSSR count). The number of aromatic nitrogens is 2. The molecule has 2 aromatic carbocycles. The number of amides is 1. The Morgan fingerprint density at radius 3 is 2.43 bits per heavy atom. The summed E-state index contributed by atoms with van der Waals surface area (Å²) in [5, 5.41) is 7.45. The van der Waals surface area contributed by atoms with E-state index in [1.807, 2.05) is 70.2 Å². The lowest BCUT2D eigenvalue weighted by Crippen LogP contribution is -2.34. The van der Waals surface area contributed by atoms with Crippen LogP contribution < -0.4 is 10.9 Å². The quantitative estimate of drug-likeness (QED) is 0.718. The van der Waals surface area contributed by atoms with E-state index in [-0.39, 0.29) is 11.5 Å². The van der Waals surface area contributed by atoms with Crippen molar-refractivity contribution in [3.63, 3.8) is 0 Å². The highest BCUT2D eigenvalue weighted by Crippen LogP contribution is 2.21. The summed E-state index contributed by atoms with van der Waals surface area (Å²) >= 11 is 0. The Labute approximate surface area is 165 Å². The van der Waals surface area contributed by atoms with Gasteiger partial charge in [0.1, 0.15) is 6.04 Å². The van der Waals surface area contributed by atoms with Crippen LogP contribution >= 0.6 is 0 Å². The first-order chi connectivity index (χ1) is 13.4. The molecule has 0 saturated carbocycles. The maximum absolute atomic E-state index is 12.9. The lowest BCUT2D eigenvalue weighted by molar-refractivity contribution is -0.119. The summed E-state index contributed by atoms with van der Waals surface area (Å²) in [6, 6.07) is 16.2. The van der Waals surface area contributed by atoms with Crippen molar-refractivity contribution in [2.45, 2.75) is 40.2 Å². The third-order valence-corrected chi connectivity index (χ3v) is 5.02. The molecule has 0 fully saturated rings. The number of carbonyl (C=O) groups excluding carboxylic acids is 1. The fraction of sp³-hybridized carbons (Fsp3) is 0.261. The zero-order valence-electron chi connectivity index (χ0n) is 16.7. The molecule has 0 radical (unpaired) electrons. The Balaban J connectivity index is 1.94. The zero-order valence-corrected chi connectivity index (χ0v) is 16.7. The number of hydrogen-bond acceptors (Lipinski definition) is 3. The van der Waals surface area contributed by atoms with Crippen LogP contribution in [0.5, 0.6) is 0 Å². The summed E-state index contributed by atoms with van der Waals surface area (Å²) in [5.41, 5.74) is 5.30. The molecule has 0 bridgehead atoms. The second-order valence-electron chi connectivity index (χ2n) is 7.03. The van der Waals surface area contributed by atoms with Crippen molar-refractivity contribution in [1.82, 2.24) is 9.78 Å². The highest BCUT2D eigenvalue weighted by Gasteiger charge is 2.22. The number of nitrogens with zero attached hydrogens (tertiary/aromatic N) is 2. The maximum atomic E-state index is 12.9. The smallest absolute Gasteiger partial charge is 0.267 e. The zero-order chi connectivity index (χ0) is 20.3. The number of hydrogen-bond donors (Lipinski definition) is 1. The standard InChI is InChI=1S/C23H25N3O2/c1-5-21(23(28)24-19-8-6-7-16(3)17(19)4)26-22(27)14-13-20(25-26)18-11-9-15(2)10-12-18/h6-14,21H,5H2,1-4H3,(H,24,28). The Morgan fingerprint density at radius 1 is 1.04 bits per heavy atom. The lowest BCUT2D eigenvalue weighted by Gasteiger charge is -2.19. The summed E-state index contributed by atoms with van der Waals surface area (Å²) in [4.78, 5) is 25.4. The van der Waals surface area contributed by atoms with E-state index < -0.39 is 6.04 Å². The fourth-order valence-corrected chi connectivity index (χ4v) is 3.10. The van der Waals surface area contributed by atoms with E-state index in [9.17, 15) is 9.59 Å². The molecule has 1 amide bonds. The number of nitrogens with one attached hydrogen (secondary N) is 1. The molecule has 0 saturated heterocycles. The summed E-state index contributed by atoms with van der Waals surface area (Å²) in [6.07, 6.45) is 0.459. The summed E-state index contributed by atoms with van der Waals surface area (Å²) < 4.78 is 1.29. The van der Waals surface area contributed by atoms with Crippen molar-refractivity contribution < 1.29 is 4.79 Å². The highest BCUT2D eigenvalue weighted by atomic mass is 16.2. The van der Waals surface area contributed by atoms with Crippen LogP contribution in [0.2, 0.25) is 0 Å². The van der Waals surface area contributed by atoms with Crippen molar-refractivity contribution >= 4 is 11.6 Å². The largest absolute Gasteiger partial charge is 0.324 e. The van der Waals surface area contributed by atoms with Crippen LogP contribution in [0.1, 0.15) is 36.1 Å². The van der Waals surface area contributed by atoms with E-state index in [1.54, 1.807) is 6.07 Å². The minimum atomic E-state index is -0.683. The average molecular weight is 375 g/mol. The van der Waals surface area contributed by atoms with Gasteiger partial charge in [0, 0.05) is 17.3 Å². The summed E-state index contributed by atoms with van der Waals surface area (Å²) in [6.45, 7) is 7.86. The molecule has 1 atom stereocenters. The minimum Gasteiger partial charge on any atom is -0.324 e. The van der Waals surface area contributed by atoms with Crippen molar-refractivity contribution in [2.24, 2.45) is 0 Å². The third kappa shape index (κ3) is 4.03. The first-order valence-corrected chi connectivity index (χ1v) is 9.44. The Morgan fingerprint density at radius 2 is 1.75 bits per heavy atom. The van der Waals surface area contributed by atoms with Crippen molar-refractivity contribution in [1.29, 1.82) is 0 Å². The Bertz CT molecular complexity index is 1050. The van der Waals surface area contributed by atoms with Crippen molar-refractivity contribution in [3.8, 4) is 11.3 Å². The van der Waals surface area contributed by atoms with Gasteiger partial charge < -0.3 is 5.32 Å². The molecule has 28 heavy (non-hydrogen) atoms. The van der Waals surface area contributed by atoms with Gasteiger partial charge in [-0.3, -0.25) is 9.59 Å². The van der Waals surface area contributed by atoms with E-state index >= 15 is 0 Å². The van der Waals surface area contributed by atoms with E-state index in [1.165, 1.54) is 10.7 Å². The second-order valence-corrected chi connectivity index (χ2v) is 7.03. The van der Waals surface area contributed by atoms with Gasteiger partial charge in [0.25, 0.3) is 5.56 Å². The van der Waals surface area contributed by atoms with Gasteiger partial charge in [0.2, 0.25) is 5.91 Å². The average Bonchev–Trinajstić information content (AvgIpc) is 2.68. The molecule has 144 valence electrons. The number of benzene rings is 2. The number of rotatable bonds is 5.